The third kappa shape index (κ3) is 1.91. The monoisotopic (exact) mass is 219 g/mol. The molecule has 1 atom stereocenters. The molecule has 2 N–H and O–H groups in total. The van der Waals surface area contributed by atoms with E-state index in [9.17, 15) is 15.2 Å². The fraction of sp³-hybridized carbons (Fsp3) is 0.100. The van der Waals surface area contributed by atoms with Gasteiger partial charge in [0.05, 0.1) is 23.1 Å². The van der Waals surface area contributed by atoms with Gasteiger partial charge in [0.1, 0.15) is 6.10 Å². The summed E-state index contributed by atoms with van der Waals surface area (Å²) in [5.74, 6) is 0. The van der Waals surface area contributed by atoms with Crippen molar-refractivity contribution in [3.05, 3.63) is 58.2 Å². The summed E-state index contributed by atoms with van der Waals surface area (Å²) in [6, 6.07) is 5.75. The van der Waals surface area contributed by atoms with Crippen LogP contribution >= 0.6 is 0 Å². The first-order valence-corrected chi connectivity index (χ1v) is 4.59. The maximum atomic E-state index is 10.4. The van der Waals surface area contributed by atoms with E-state index in [4.69, 9.17) is 0 Å². The van der Waals surface area contributed by atoms with Gasteiger partial charge >= 0.3 is 0 Å². The summed E-state index contributed by atoms with van der Waals surface area (Å²) >= 11 is 0. The Kier molecular flexibility index (Phi) is 2.65. The van der Waals surface area contributed by atoms with Crippen molar-refractivity contribution in [3.63, 3.8) is 0 Å². The number of benzene rings is 1. The lowest BCUT2D eigenvalue weighted by Crippen LogP contribution is -2.00. The molecule has 6 nitrogen and oxygen atoms in total. The standard InChI is InChI=1S/C10H9N3O3/c14-10(9-5-11-6-12-9)7-1-3-8(4-2-7)13(15)16/h1-6,10,14H,(H,11,12). The molecule has 6 heteroatoms. The molecule has 0 saturated heterocycles. The fourth-order valence-corrected chi connectivity index (χ4v) is 1.37. The Morgan fingerprint density at radius 3 is 2.56 bits per heavy atom. The van der Waals surface area contributed by atoms with Crippen molar-refractivity contribution in [2.45, 2.75) is 6.10 Å². The predicted octanol–water partition coefficient (Wildman–Crippen LogP) is 1.40. The van der Waals surface area contributed by atoms with Gasteiger partial charge in [-0.2, -0.15) is 0 Å². The molecule has 1 aromatic heterocycles. The van der Waals surface area contributed by atoms with Crippen molar-refractivity contribution in [2.24, 2.45) is 0 Å². The molecular formula is C10H9N3O3. The molecular weight excluding hydrogens is 210 g/mol. The van der Waals surface area contributed by atoms with Crippen LogP contribution in [0.25, 0.3) is 0 Å². The molecule has 0 spiro atoms. The Hall–Kier alpha value is -2.21. The molecule has 0 bridgehead atoms. The third-order valence-corrected chi connectivity index (χ3v) is 2.23. The molecule has 0 aliphatic rings. The first kappa shape index (κ1) is 10.3. The smallest absolute Gasteiger partial charge is 0.269 e. The summed E-state index contributed by atoms with van der Waals surface area (Å²) in [4.78, 5) is 16.5. The largest absolute Gasteiger partial charge is 0.382 e. The molecule has 0 amide bonds. The van der Waals surface area contributed by atoms with E-state index in [0.29, 0.717) is 11.3 Å². The lowest BCUT2D eigenvalue weighted by molar-refractivity contribution is -0.384. The summed E-state index contributed by atoms with van der Waals surface area (Å²) in [5, 5.41) is 20.3. The van der Waals surface area contributed by atoms with Crippen molar-refractivity contribution >= 4 is 5.69 Å². The molecule has 2 aromatic rings. The Balaban J connectivity index is 2.25. The van der Waals surface area contributed by atoms with Crippen molar-refractivity contribution in [1.29, 1.82) is 0 Å². The number of aliphatic hydroxyl groups is 1. The number of aliphatic hydroxyl groups excluding tert-OH is 1. The molecule has 82 valence electrons. The van der Waals surface area contributed by atoms with Crippen molar-refractivity contribution in [2.75, 3.05) is 0 Å². The number of nitrogens with zero attached hydrogens (tertiary/aromatic N) is 2. The molecule has 1 unspecified atom stereocenters. The normalized spacial score (nSPS) is 12.3. The lowest BCUT2D eigenvalue weighted by atomic mass is 10.1. The van der Waals surface area contributed by atoms with E-state index in [0.717, 1.165) is 0 Å². The van der Waals surface area contributed by atoms with Crippen LogP contribution in [0.4, 0.5) is 5.69 Å². The van der Waals surface area contributed by atoms with Crippen LogP contribution in [0.1, 0.15) is 17.4 Å². The molecule has 0 saturated carbocycles. The minimum absolute atomic E-state index is 0.000519. The van der Waals surface area contributed by atoms with Crippen LogP contribution in [-0.4, -0.2) is 20.0 Å². The zero-order valence-electron chi connectivity index (χ0n) is 8.20. The zero-order chi connectivity index (χ0) is 11.5. The van der Waals surface area contributed by atoms with E-state index in [1.807, 2.05) is 0 Å². The van der Waals surface area contributed by atoms with Gasteiger partial charge in [0.25, 0.3) is 5.69 Å². The number of nitro groups is 1. The predicted molar refractivity (Wildman–Crippen MR) is 55.7 cm³/mol. The van der Waals surface area contributed by atoms with Gasteiger partial charge in [-0.1, -0.05) is 0 Å². The number of hydrogen-bond acceptors (Lipinski definition) is 4. The Morgan fingerprint density at radius 2 is 2.06 bits per heavy atom. The van der Waals surface area contributed by atoms with E-state index < -0.39 is 11.0 Å². The summed E-state index contributed by atoms with van der Waals surface area (Å²) in [7, 11) is 0. The SMILES string of the molecule is O=[N+]([O-])c1ccc(C(O)c2cnc[nH]2)cc1. The van der Waals surface area contributed by atoms with Gasteiger partial charge in [0, 0.05) is 12.1 Å². The molecule has 0 aliphatic carbocycles. The highest BCUT2D eigenvalue weighted by molar-refractivity contribution is 5.35. The summed E-state index contributed by atoms with van der Waals surface area (Å²) in [5.41, 5.74) is 1.13. The molecule has 2 rings (SSSR count). The third-order valence-electron chi connectivity index (χ3n) is 2.23. The number of hydrogen-bond donors (Lipinski definition) is 2. The van der Waals surface area contributed by atoms with Crippen LogP contribution in [0.5, 0.6) is 0 Å². The molecule has 1 heterocycles. The highest BCUT2D eigenvalue weighted by atomic mass is 16.6. The van der Waals surface area contributed by atoms with E-state index in [1.165, 1.54) is 36.8 Å². The first-order chi connectivity index (χ1) is 7.68. The van der Waals surface area contributed by atoms with Crippen molar-refractivity contribution < 1.29 is 10.0 Å². The minimum Gasteiger partial charge on any atom is -0.382 e. The number of nitro benzene ring substituents is 1. The summed E-state index contributed by atoms with van der Waals surface area (Å²) < 4.78 is 0. The molecule has 0 fully saturated rings. The first-order valence-electron chi connectivity index (χ1n) is 4.59. The number of imidazole rings is 1. The molecule has 1 aromatic carbocycles. The van der Waals surface area contributed by atoms with Crippen LogP contribution < -0.4 is 0 Å². The number of H-pyrrole nitrogens is 1. The van der Waals surface area contributed by atoms with E-state index >= 15 is 0 Å². The summed E-state index contributed by atoms with van der Waals surface area (Å²) in [6.07, 6.45) is 2.12. The Bertz CT molecular complexity index is 479. The van der Waals surface area contributed by atoms with Crippen LogP contribution in [0, 0.1) is 10.1 Å². The average Bonchev–Trinajstić information content (AvgIpc) is 2.81. The maximum Gasteiger partial charge on any atom is 0.269 e. The van der Waals surface area contributed by atoms with Crippen LogP contribution in [0.2, 0.25) is 0 Å². The molecule has 0 aliphatic heterocycles. The Morgan fingerprint density at radius 1 is 1.38 bits per heavy atom. The molecule has 0 radical (unpaired) electrons. The quantitative estimate of drug-likeness (QED) is 0.602. The van der Waals surface area contributed by atoms with Crippen LogP contribution in [-0.2, 0) is 0 Å². The average molecular weight is 219 g/mol. The van der Waals surface area contributed by atoms with Crippen LogP contribution in [0.3, 0.4) is 0 Å². The number of nitrogens with one attached hydrogen (secondary N) is 1. The van der Waals surface area contributed by atoms with Gasteiger partial charge < -0.3 is 10.1 Å². The van der Waals surface area contributed by atoms with Gasteiger partial charge in [-0.3, -0.25) is 10.1 Å². The van der Waals surface area contributed by atoms with Crippen LogP contribution in [0.15, 0.2) is 36.8 Å². The number of aromatic nitrogens is 2. The number of non-ortho nitro benzene ring substituents is 1. The van der Waals surface area contributed by atoms with Crippen molar-refractivity contribution in [1.82, 2.24) is 9.97 Å². The highest BCUT2D eigenvalue weighted by Gasteiger charge is 2.13. The topological polar surface area (TPSA) is 92.1 Å². The minimum atomic E-state index is -0.844. The van der Waals surface area contributed by atoms with Gasteiger partial charge in [-0.15, -0.1) is 0 Å². The van der Waals surface area contributed by atoms with Gasteiger partial charge in [-0.25, -0.2) is 4.98 Å². The van der Waals surface area contributed by atoms with Crippen molar-refractivity contribution in [3.8, 4) is 0 Å². The summed E-state index contributed by atoms with van der Waals surface area (Å²) in [6.45, 7) is 0. The highest BCUT2D eigenvalue weighted by Crippen LogP contribution is 2.21. The fourth-order valence-electron chi connectivity index (χ4n) is 1.37. The number of aromatic amines is 1. The lowest BCUT2D eigenvalue weighted by Gasteiger charge is -2.07. The molecule has 16 heavy (non-hydrogen) atoms. The van der Waals surface area contributed by atoms with Gasteiger partial charge in [0.2, 0.25) is 0 Å². The Labute approximate surface area is 90.7 Å². The number of rotatable bonds is 3. The van der Waals surface area contributed by atoms with E-state index in [2.05, 4.69) is 9.97 Å². The second kappa shape index (κ2) is 4.11. The van der Waals surface area contributed by atoms with Gasteiger partial charge in [0.15, 0.2) is 0 Å². The maximum absolute atomic E-state index is 10.4. The van der Waals surface area contributed by atoms with E-state index in [1.54, 1.807) is 0 Å². The van der Waals surface area contributed by atoms with E-state index in [-0.39, 0.29) is 5.69 Å². The second-order valence-corrected chi connectivity index (χ2v) is 3.26. The van der Waals surface area contributed by atoms with Gasteiger partial charge in [-0.05, 0) is 17.7 Å². The second-order valence-electron chi connectivity index (χ2n) is 3.26. The zero-order valence-corrected chi connectivity index (χ0v) is 8.20.